The standard InChI is InChI=1S/C22H28O4/c1-9(17-11(3)19(23)15(7)20(24)12(17)4)10(2)18-13(5)21(25)16(8)22(26)14(18)6/h10,23-26H,1H2,2-8H3. The number of hydrogen-bond donors (Lipinski definition) is 4. The van der Waals surface area contributed by atoms with Crippen LogP contribution in [-0.2, 0) is 0 Å². The van der Waals surface area contributed by atoms with E-state index in [0.29, 0.717) is 44.5 Å². The zero-order chi connectivity index (χ0) is 20.1. The van der Waals surface area contributed by atoms with E-state index in [2.05, 4.69) is 6.58 Å². The molecule has 26 heavy (non-hydrogen) atoms. The summed E-state index contributed by atoms with van der Waals surface area (Å²) in [6.07, 6.45) is 0. The molecule has 140 valence electrons. The predicted octanol–water partition coefficient (Wildman–Crippen LogP) is 5.18. The second-order valence-corrected chi connectivity index (χ2v) is 7.18. The van der Waals surface area contributed by atoms with Crippen LogP contribution < -0.4 is 0 Å². The number of rotatable bonds is 3. The fraction of sp³-hybridized carbons (Fsp3) is 0.364. The summed E-state index contributed by atoms with van der Waals surface area (Å²) in [5.41, 5.74) is 5.83. The topological polar surface area (TPSA) is 80.9 Å². The van der Waals surface area contributed by atoms with Gasteiger partial charge in [0.2, 0.25) is 0 Å². The summed E-state index contributed by atoms with van der Waals surface area (Å²) in [7, 11) is 0. The molecular weight excluding hydrogens is 328 g/mol. The van der Waals surface area contributed by atoms with Gasteiger partial charge < -0.3 is 20.4 Å². The van der Waals surface area contributed by atoms with Gasteiger partial charge in [-0.05, 0) is 80.5 Å². The predicted molar refractivity (Wildman–Crippen MR) is 105 cm³/mol. The van der Waals surface area contributed by atoms with Crippen LogP contribution >= 0.6 is 0 Å². The smallest absolute Gasteiger partial charge is 0.125 e. The monoisotopic (exact) mass is 356 g/mol. The van der Waals surface area contributed by atoms with Crippen molar-refractivity contribution in [3.63, 3.8) is 0 Å². The van der Waals surface area contributed by atoms with Crippen molar-refractivity contribution in [2.24, 2.45) is 0 Å². The van der Waals surface area contributed by atoms with Crippen LogP contribution in [0.3, 0.4) is 0 Å². The fourth-order valence-electron chi connectivity index (χ4n) is 3.93. The van der Waals surface area contributed by atoms with Gasteiger partial charge in [0.25, 0.3) is 0 Å². The molecule has 2 aromatic carbocycles. The minimum absolute atomic E-state index is 0.0551. The van der Waals surface area contributed by atoms with Crippen LogP contribution in [0.2, 0.25) is 0 Å². The normalized spacial score (nSPS) is 12.3. The summed E-state index contributed by atoms with van der Waals surface area (Å²) in [5, 5.41) is 41.4. The largest absolute Gasteiger partial charge is 0.507 e. The van der Waals surface area contributed by atoms with Crippen molar-refractivity contribution in [1.82, 2.24) is 0 Å². The van der Waals surface area contributed by atoms with E-state index in [4.69, 9.17) is 0 Å². The van der Waals surface area contributed by atoms with Gasteiger partial charge in [-0.2, -0.15) is 0 Å². The Morgan fingerprint density at radius 2 is 0.923 bits per heavy atom. The lowest BCUT2D eigenvalue weighted by Crippen LogP contribution is -2.07. The van der Waals surface area contributed by atoms with Crippen molar-refractivity contribution in [1.29, 1.82) is 0 Å². The average molecular weight is 356 g/mol. The van der Waals surface area contributed by atoms with E-state index in [1.165, 1.54) is 0 Å². The van der Waals surface area contributed by atoms with E-state index in [1.807, 2.05) is 20.8 Å². The van der Waals surface area contributed by atoms with Crippen LogP contribution in [0.1, 0.15) is 57.3 Å². The quantitative estimate of drug-likeness (QED) is 0.611. The Bertz CT molecular complexity index is 865. The molecule has 0 aliphatic rings. The second kappa shape index (κ2) is 6.60. The minimum atomic E-state index is -0.230. The molecule has 4 N–H and O–H groups in total. The molecule has 0 spiro atoms. The Hall–Kier alpha value is -2.62. The highest BCUT2D eigenvalue weighted by Gasteiger charge is 2.26. The molecule has 1 unspecified atom stereocenters. The van der Waals surface area contributed by atoms with Crippen LogP contribution in [0, 0.1) is 41.5 Å². The first-order chi connectivity index (χ1) is 11.9. The van der Waals surface area contributed by atoms with Crippen LogP contribution in [0.4, 0.5) is 0 Å². The van der Waals surface area contributed by atoms with Crippen LogP contribution in [0.15, 0.2) is 6.58 Å². The highest BCUT2D eigenvalue weighted by molar-refractivity contribution is 5.79. The highest BCUT2D eigenvalue weighted by atomic mass is 16.3. The summed E-state index contributed by atoms with van der Waals surface area (Å²) in [6, 6.07) is 0. The van der Waals surface area contributed by atoms with Gasteiger partial charge in [-0.15, -0.1) is 0 Å². The summed E-state index contributed by atoms with van der Waals surface area (Å²) in [5.74, 6) is 0.0295. The number of allylic oxidation sites excluding steroid dienone is 1. The van der Waals surface area contributed by atoms with Gasteiger partial charge in [0.1, 0.15) is 23.0 Å². The average Bonchev–Trinajstić information content (AvgIpc) is 2.61. The summed E-state index contributed by atoms with van der Waals surface area (Å²) >= 11 is 0. The lowest BCUT2D eigenvalue weighted by Gasteiger charge is -2.26. The van der Waals surface area contributed by atoms with Gasteiger partial charge in [0, 0.05) is 17.0 Å². The van der Waals surface area contributed by atoms with Gasteiger partial charge in [-0.25, -0.2) is 0 Å². The molecule has 0 bridgehead atoms. The maximum absolute atomic E-state index is 10.4. The van der Waals surface area contributed by atoms with Crippen molar-refractivity contribution in [3.05, 3.63) is 51.1 Å². The molecule has 2 aromatic rings. The molecule has 4 heteroatoms. The second-order valence-electron chi connectivity index (χ2n) is 7.18. The Morgan fingerprint density at radius 3 is 1.27 bits per heavy atom. The van der Waals surface area contributed by atoms with E-state index < -0.39 is 0 Å². The van der Waals surface area contributed by atoms with E-state index in [1.54, 1.807) is 27.7 Å². The van der Waals surface area contributed by atoms with E-state index >= 15 is 0 Å². The molecule has 0 aliphatic heterocycles. The molecule has 0 aromatic heterocycles. The summed E-state index contributed by atoms with van der Waals surface area (Å²) < 4.78 is 0. The Morgan fingerprint density at radius 1 is 0.615 bits per heavy atom. The molecule has 0 saturated carbocycles. The molecule has 2 rings (SSSR count). The first kappa shape index (κ1) is 19.7. The van der Waals surface area contributed by atoms with Crippen LogP contribution in [0.5, 0.6) is 23.0 Å². The number of aromatic hydroxyl groups is 4. The first-order valence-electron chi connectivity index (χ1n) is 8.65. The van der Waals surface area contributed by atoms with E-state index in [9.17, 15) is 20.4 Å². The van der Waals surface area contributed by atoms with E-state index in [0.717, 1.165) is 5.56 Å². The number of hydrogen-bond acceptors (Lipinski definition) is 4. The molecule has 4 nitrogen and oxygen atoms in total. The van der Waals surface area contributed by atoms with Crippen LogP contribution in [0.25, 0.3) is 5.57 Å². The van der Waals surface area contributed by atoms with Gasteiger partial charge in [-0.3, -0.25) is 0 Å². The van der Waals surface area contributed by atoms with Gasteiger partial charge in [-0.1, -0.05) is 13.5 Å². The zero-order valence-corrected chi connectivity index (χ0v) is 16.6. The SMILES string of the molecule is C=C(c1c(C)c(O)c(C)c(O)c1C)C(C)c1c(C)c(O)c(C)c(O)c1C. The molecule has 0 heterocycles. The Labute approximate surface area is 155 Å². The third kappa shape index (κ3) is 2.70. The molecule has 0 saturated heterocycles. The zero-order valence-electron chi connectivity index (χ0n) is 16.6. The van der Waals surface area contributed by atoms with Gasteiger partial charge in [0.05, 0.1) is 0 Å². The van der Waals surface area contributed by atoms with Crippen molar-refractivity contribution in [2.75, 3.05) is 0 Å². The van der Waals surface area contributed by atoms with Gasteiger partial charge in [0.15, 0.2) is 0 Å². The van der Waals surface area contributed by atoms with Crippen LogP contribution in [-0.4, -0.2) is 20.4 Å². The molecule has 0 fully saturated rings. The molecule has 0 aliphatic carbocycles. The summed E-state index contributed by atoms with van der Waals surface area (Å²) in [4.78, 5) is 0. The molecular formula is C22H28O4. The lowest BCUT2D eigenvalue weighted by atomic mass is 9.80. The van der Waals surface area contributed by atoms with E-state index in [-0.39, 0.29) is 28.9 Å². The lowest BCUT2D eigenvalue weighted by molar-refractivity contribution is 0.435. The van der Waals surface area contributed by atoms with Crippen molar-refractivity contribution in [2.45, 2.75) is 54.4 Å². The maximum atomic E-state index is 10.4. The minimum Gasteiger partial charge on any atom is -0.507 e. The fourth-order valence-corrected chi connectivity index (χ4v) is 3.93. The molecule has 0 amide bonds. The maximum Gasteiger partial charge on any atom is 0.125 e. The third-order valence-corrected chi connectivity index (χ3v) is 5.68. The first-order valence-corrected chi connectivity index (χ1v) is 8.65. The number of benzene rings is 2. The van der Waals surface area contributed by atoms with Gasteiger partial charge >= 0.3 is 0 Å². The van der Waals surface area contributed by atoms with Crippen molar-refractivity contribution in [3.8, 4) is 23.0 Å². The Balaban J connectivity index is 2.72. The molecule has 1 atom stereocenters. The Kier molecular flexibility index (Phi) is 5.00. The molecule has 0 radical (unpaired) electrons. The number of phenols is 4. The third-order valence-electron chi connectivity index (χ3n) is 5.68. The summed E-state index contributed by atoms with van der Waals surface area (Å²) in [6.45, 7) is 16.7. The number of phenolic OH excluding ortho intramolecular Hbond substituents is 4. The van der Waals surface area contributed by atoms with Crippen molar-refractivity contribution < 1.29 is 20.4 Å². The highest BCUT2D eigenvalue weighted by Crippen LogP contribution is 2.46. The van der Waals surface area contributed by atoms with Crippen molar-refractivity contribution >= 4 is 5.57 Å².